The predicted molar refractivity (Wildman–Crippen MR) is 128 cm³/mol. The lowest BCUT2D eigenvalue weighted by molar-refractivity contribution is -0.0397. The van der Waals surface area contributed by atoms with E-state index >= 15 is 0 Å². The standard InChI is InChI=1S/C29H24BrN/c30-22-8-9-24-26-7-3-6-25(23-5-2-1-4-19(23)16-31)28(26)29(27(24)15-22)20-11-17-10-18(13-20)14-21(29)12-17/h1-9,15,17-18,20-21H,10-14H2. The molecular weight excluding hydrogens is 442 g/mol. The van der Waals surface area contributed by atoms with Crippen LogP contribution in [0.25, 0.3) is 22.3 Å². The molecule has 2 heteroatoms. The molecule has 31 heavy (non-hydrogen) atoms. The van der Waals surface area contributed by atoms with E-state index in [0.29, 0.717) is 11.8 Å². The van der Waals surface area contributed by atoms with Crippen molar-refractivity contribution in [1.82, 2.24) is 0 Å². The lowest BCUT2D eigenvalue weighted by Gasteiger charge is -2.61. The molecule has 152 valence electrons. The van der Waals surface area contributed by atoms with Crippen LogP contribution >= 0.6 is 15.9 Å². The minimum atomic E-state index is 0.0982. The summed E-state index contributed by atoms with van der Waals surface area (Å²) in [5.74, 6) is 3.28. The number of hydrogen-bond donors (Lipinski definition) is 0. The van der Waals surface area contributed by atoms with E-state index in [1.54, 1.807) is 5.56 Å². The van der Waals surface area contributed by atoms with Crippen LogP contribution in [0.3, 0.4) is 0 Å². The number of fused-ring (bicyclic) bond motifs is 3. The monoisotopic (exact) mass is 465 g/mol. The second-order valence-electron chi connectivity index (χ2n) is 10.2. The summed E-state index contributed by atoms with van der Waals surface area (Å²) >= 11 is 3.80. The molecule has 3 aromatic carbocycles. The number of benzene rings is 3. The SMILES string of the molecule is N#Cc1ccccc1-c1cccc2c1C1(c3cc(Br)ccc3-2)C2CC3CC(C2)CC1C3. The third kappa shape index (κ3) is 2.26. The van der Waals surface area contributed by atoms with Crippen molar-refractivity contribution in [3.63, 3.8) is 0 Å². The Morgan fingerprint density at radius 3 is 2.10 bits per heavy atom. The van der Waals surface area contributed by atoms with E-state index in [1.165, 1.54) is 58.8 Å². The Kier molecular flexibility index (Phi) is 3.72. The fourth-order valence-electron chi connectivity index (χ4n) is 8.27. The molecule has 0 unspecified atom stereocenters. The van der Waals surface area contributed by atoms with E-state index < -0.39 is 0 Å². The Morgan fingerprint density at radius 1 is 0.742 bits per heavy atom. The first kappa shape index (κ1) is 18.2. The van der Waals surface area contributed by atoms with Crippen molar-refractivity contribution in [3.8, 4) is 28.3 Å². The molecule has 0 N–H and O–H groups in total. The summed E-state index contributed by atoms with van der Waals surface area (Å²) in [6.07, 6.45) is 6.93. The van der Waals surface area contributed by atoms with E-state index in [0.717, 1.165) is 23.0 Å². The van der Waals surface area contributed by atoms with Crippen molar-refractivity contribution in [2.45, 2.75) is 37.5 Å². The Balaban J connectivity index is 1.59. The van der Waals surface area contributed by atoms with Crippen LogP contribution in [0.2, 0.25) is 0 Å². The summed E-state index contributed by atoms with van der Waals surface area (Å²) in [4.78, 5) is 0. The van der Waals surface area contributed by atoms with Gasteiger partial charge in [0.1, 0.15) is 0 Å². The van der Waals surface area contributed by atoms with E-state index in [1.807, 2.05) is 12.1 Å². The molecular formula is C29H24BrN. The Morgan fingerprint density at radius 2 is 1.39 bits per heavy atom. The van der Waals surface area contributed by atoms with Crippen molar-refractivity contribution in [3.05, 3.63) is 81.8 Å². The van der Waals surface area contributed by atoms with E-state index in [-0.39, 0.29) is 5.41 Å². The van der Waals surface area contributed by atoms with Crippen LogP contribution in [-0.2, 0) is 5.41 Å². The van der Waals surface area contributed by atoms with Gasteiger partial charge in [0.05, 0.1) is 11.6 Å². The van der Waals surface area contributed by atoms with Crippen molar-refractivity contribution >= 4 is 15.9 Å². The highest BCUT2D eigenvalue weighted by atomic mass is 79.9. The van der Waals surface area contributed by atoms with Crippen molar-refractivity contribution < 1.29 is 0 Å². The molecule has 0 atom stereocenters. The van der Waals surface area contributed by atoms with Crippen LogP contribution in [0, 0.1) is 35.0 Å². The maximum absolute atomic E-state index is 9.89. The fraction of sp³-hybridized carbons (Fsp3) is 0.345. The van der Waals surface area contributed by atoms with Crippen LogP contribution in [0.1, 0.15) is 48.8 Å². The summed E-state index contributed by atoms with van der Waals surface area (Å²) in [5.41, 5.74) is 9.17. The normalized spacial score (nSPS) is 31.5. The molecule has 0 aliphatic heterocycles. The lowest BCUT2D eigenvalue weighted by atomic mass is 9.42. The van der Waals surface area contributed by atoms with Gasteiger partial charge in [-0.3, -0.25) is 0 Å². The molecule has 4 bridgehead atoms. The highest BCUT2D eigenvalue weighted by molar-refractivity contribution is 9.10. The van der Waals surface area contributed by atoms with Gasteiger partial charge in [0.15, 0.2) is 0 Å². The molecule has 8 rings (SSSR count). The number of halogens is 1. The zero-order chi connectivity index (χ0) is 20.7. The molecule has 1 spiro atoms. The molecule has 3 aromatic rings. The molecule has 5 aliphatic rings. The third-order valence-electron chi connectivity index (χ3n) is 8.96. The first-order chi connectivity index (χ1) is 15.2. The minimum absolute atomic E-state index is 0.0982. The predicted octanol–water partition coefficient (Wildman–Crippen LogP) is 7.71. The number of nitrogens with zero attached hydrogens (tertiary/aromatic N) is 1. The van der Waals surface area contributed by atoms with Crippen LogP contribution in [0.15, 0.2) is 65.1 Å². The first-order valence-electron chi connectivity index (χ1n) is 11.6. The zero-order valence-corrected chi connectivity index (χ0v) is 19.0. The summed E-state index contributed by atoms with van der Waals surface area (Å²) in [7, 11) is 0. The van der Waals surface area contributed by atoms with Gasteiger partial charge < -0.3 is 0 Å². The van der Waals surface area contributed by atoms with Crippen molar-refractivity contribution in [2.24, 2.45) is 23.7 Å². The molecule has 0 radical (unpaired) electrons. The number of rotatable bonds is 1. The number of hydrogen-bond acceptors (Lipinski definition) is 1. The lowest BCUT2D eigenvalue weighted by Crippen LogP contribution is -2.55. The maximum atomic E-state index is 9.89. The van der Waals surface area contributed by atoms with Crippen LogP contribution in [-0.4, -0.2) is 0 Å². The zero-order valence-electron chi connectivity index (χ0n) is 17.4. The Bertz CT molecular complexity index is 1250. The fourth-order valence-corrected chi connectivity index (χ4v) is 8.63. The van der Waals surface area contributed by atoms with Gasteiger partial charge in [-0.05, 0) is 107 Å². The van der Waals surface area contributed by atoms with Gasteiger partial charge in [0.2, 0.25) is 0 Å². The average molecular weight is 466 g/mol. The molecule has 5 aliphatic carbocycles. The third-order valence-corrected chi connectivity index (χ3v) is 9.45. The van der Waals surface area contributed by atoms with Gasteiger partial charge in [-0.15, -0.1) is 0 Å². The smallest absolute Gasteiger partial charge is 0.0998 e. The second-order valence-corrected chi connectivity index (χ2v) is 11.2. The molecule has 0 aromatic heterocycles. The van der Waals surface area contributed by atoms with Gasteiger partial charge in [-0.2, -0.15) is 5.26 Å². The summed E-state index contributed by atoms with van der Waals surface area (Å²) in [5, 5.41) is 9.89. The highest BCUT2D eigenvalue weighted by Gasteiger charge is 2.62. The van der Waals surface area contributed by atoms with E-state index in [9.17, 15) is 5.26 Å². The number of nitriles is 1. The van der Waals surface area contributed by atoms with Gasteiger partial charge in [0, 0.05) is 9.89 Å². The molecule has 0 amide bonds. The van der Waals surface area contributed by atoms with Crippen LogP contribution < -0.4 is 0 Å². The minimum Gasteiger partial charge on any atom is -0.192 e. The van der Waals surface area contributed by atoms with Gasteiger partial charge in [-0.1, -0.05) is 58.4 Å². The molecule has 4 saturated carbocycles. The van der Waals surface area contributed by atoms with E-state index in [2.05, 4.69) is 70.5 Å². The first-order valence-corrected chi connectivity index (χ1v) is 12.4. The van der Waals surface area contributed by atoms with Crippen molar-refractivity contribution in [2.75, 3.05) is 0 Å². The molecule has 4 fully saturated rings. The van der Waals surface area contributed by atoms with Crippen LogP contribution in [0.4, 0.5) is 0 Å². The highest BCUT2D eigenvalue weighted by Crippen LogP contribution is 2.70. The van der Waals surface area contributed by atoms with Gasteiger partial charge in [-0.25, -0.2) is 0 Å². The molecule has 0 heterocycles. The topological polar surface area (TPSA) is 23.8 Å². The quantitative estimate of drug-likeness (QED) is 0.360. The Hall–Kier alpha value is -2.37. The van der Waals surface area contributed by atoms with Crippen molar-refractivity contribution in [1.29, 1.82) is 5.26 Å². The van der Waals surface area contributed by atoms with Gasteiger partial charge in [0.25, 0.3) is 0 Å². The maximum Gasteiger partial charge on any atom is 0.0998 e. The van der Waals surface area contributed by atoms with E-state index in [4.69, 9.17) is 0 Å². The largest absolute Gasteiger partial charge is 0.192 e. The molecule has 0 saturated heterocycles. The van der Waals surface area contributed by atoms with Gasteiger partial charge >= 0.3 is 0 Å². The second kappa shape index (κ2) is 6.33. The summed E-state index contributed by atoms with van der Waals surface area (Å²) < 4.78 is 1.19. The molecule has 1 nitrogen and oxygen atoms in total. The summed E-state index contributed by atoms with van der Waals surface area (Å²) in [6.45, 7) is 0. The Labute approximate surface area is 192 Å². The van der Waals surface area contributed by atoms with Crippen LogP contribution in [0.5, 0.6) is 0 Å². The summed E-state index contributed by atoms with van der Waals surface area (Å²) in [6, 6.07) is 24.4. The average Bonchev–Trinajstić information content (AvgIpc) is 3.07.